The van der Waals surface area contributed by atoms with Crippen LogP contribution in [0.3, 0.4) is 0 Å². The molecule has 0 saturated carbocycles. The molecule has 0 atom stereocenters. The summed E-state index contributed by atoms with van der Waals surface area (Å²) in [5, 5.41) is 10.9. The largest absolute Gasteiger partial charge is 0.507 e. The number of fused-ring (bicyclic) bond motifs is 1. The molecule has 1 N–H and O–H groups in total. The molecule has 1 aliphatic rings. The number of likely N-dealkylation sites (tertiary alicyclic amines) is 1. The third-order valence-electron chi connectivity index (χ3n) is 5.14. The minimum absolute atomic E-state index is 0.153. The fourth-order valence-electron chi connectivity index (χ4n) is 3.64. The summed E-state index contributed by atoms with van der Waals surface area (Å²) in [4.78, 5) is 15.4. The zero-order valence-electron chi connectivity index (χ0n) is 15.7. The Labute approximate surface area is 171 Å². The van der Waals surface area contributed by atoms with E-state index in [1.165, 1.54) is 6.42 Å². The van der Waals surface area contributed by atoms with Gasteiger partial charge in [-0.05, 0) is 73.1 Å². The number of nitrogens with zero attached hydrogens (tertiary/aromatic N) is 1. The maximum absolute atomic E-state index is 13.1. The van der Waals surface area contributed by atoms with Crippen LogP contribution < -0.4 is 10.2 Å². The number of piperidine rings is 1. The predicted molar refractivity (Wildman–Crippen MR) is 112 cm³/mol. The van der Waals surface area contributed by atoms with Crippen molar-refractivity contribution in [1.82, 2.24) is 4.90 Å². The molecule has 0 spiro atoms. The van der Waals surface area contributed by atoms with Crippen LogP contribution in [0.1, 0.15) is 30.6 Å². The molecule has 6 heteroatoms. The predicted octanol–water partition coefficient (Wildman–Crippen LogP) is 5.35. The summed E-state index contributed by atoms with van der Waals surface area (Å²) in [7, 11) is 0. The van der Waals surface area contributed by atoms with Gasteiger partial charge in [-0.15, -0.1) is 0 Å². The van der Waals surface area contributed by atoms with Crippen LogP contribution in [0.15, 0.2) is 50.1 Å². The fraction of sp³-hybridized carbons (Fsp3) is 0.318. The van der Waals surface area contributed by atoms with Crippen molar-refractivity contribution in [2.45, 2.75) is 32.7 Å². The summed E-state index contributed by atoms with van der Waals surface area (Å²) < 4.78 is 12.6. The monoisotopic (exact) mass is 443 g/mol. The van der Waals surface area contributed by atoms with Crippen molar-refractivity contribution < 1.29 is 14.3 Å². The number of phenolic OH excluding ortho intramolecular Hbond substituents is 1. The summed E-state index contributed by atoms with van der Waals surface area (Å²) in [6.45, 7) is 4.25. The van der Waals surface area contributed by atoms with E-state index in [-0.39, 0.29) is 16.9 Å². The summed E-state index contributed by atoms with van der Waals surface area (Å²) in [5.74, 6) is 1.25. The van der Waals surface area contributed by atoms with Gasteiger partial charge in [0.2, 0.25) is 11.2 Å². The van der Waals surface area contributed by atoms with Gasteiger partial charge in [0.25, 0.3) is 0 Å². The second-order valence-electron chi connectivity index (χ2n) is 7.13. The molecule has 0 unspecified atom stereocenters. The smallest absolute Gasteiger partial charge is 0.235 e. The van der Waals surface area contributed by atoms with Gasteiger partial charge in [0.05, 0.1) is 15.4 Å². The van der Waals surface area contributed by atoms with Crippen molar-refractivity contribution in [1.29, 1.82) is 0 Å². The maximum Gasteiger partial charge on any atom is 0.235 e. The lowest BCUT2D eigenvalue weighted by Gasteiger charge is -2.26. The molecule has 1 fully saturated rings. The van der Waals surface area contributed by atoms with Crippen LogP contribution in [0.4, 0.5) is 0 Å². The van der Waals surface area contributed by atoms with Gasteiger partial charge >= 0.3 is 0 Å². The first kappa shape index (κ1) is 19.0. The minimum atomic E-state index is -0.241. The molecule has 4 rings (SSSR count). The van der Waals surface area contributed by atoms with Gasteiger partial charge < -0.3 is 14.3 Å². The number of rotatable bonds is 4. The second-order valence-corrected chi connectivity index (χ2v) is 7.98. The lowest BCUT2D eigenvalue weighted by atomic mass is 10.1. The van der Waals surface area contributed by atoms with Crippen molar-refractivity contribution in [2.75, 3.05) is 13.1 Å². The first-order valence-corrected chi connectivity index (χ1v) is 10.3. The van der Waals surface area contributed by atoms with Gasteiger partial charge in [-0.3, -0.25) is 9.69 Å². The highest BCUT2D eigenvalue weighted by atomic mass is 79.9. The molecule has 146 valence electrons. The highest BCUT2D eigenvalue weighted by Crippen LogP contribution is 2.34. The van der Waals surface area contributed by atoms with Crippen LogP contribution >= 0.6 is 15.9 Å². The molecule has 5 nitrogen and oxygen atoms in total. The molecule has 28 heavy (non-hydrogen) atoms. The summed E-state index contributed by atoms with van der Waals surface area (Å²) >= 11 is 3.43. The van der Waals surface area contributed by atoms with E-state index >= 15 is 0 Å². The van der Waals surface area contributed by atoms with Crippen LogP contribution in [0.2, 0.25) is 0 Å². The van der Waals surface area contributed by atoms with Crippen LogP contribution in [0, 0.1) is 6.92 Å². The third-order valence-corrected chi connectivity index (χ3v) is 5.80. The zero-order valence-corrected chi connectivity index (χ0v) is 17.3. The number of halogens is 1. The summed E-state index contributed by atoms with van der Waals surface area (Å²) in [5.41, 5.74) is 0.856. The van der Waals surface area contributed by atoms with Gasteiger partial charge in [0.15, 0.2) is 0 Å². The molecule has 3 aromatic rings. The number of aryl methyl sites for hydroxylation is 1. The second kappa shape index (κ2) is 7.97. The lowest BCUT2D eigenvalue weighted by Crippen LogP contribution is -2.29. The highest BCUT2D eigenvalue weighted by Gasteiger charge is 2.21. The topological polar surface area (TPSA) is 62.9 Å². The van der Waals surface area contributed by atoms with Gasteiger partial charge in [-0.25, -0.2) is 0 Å². The summed E-state index contributed by atoms with van der Waals surface area (Å²) in [6.07, 6.45) is 3.54. The number of hydrogen-bond acceptors (Lipinski definition) is 5. The number of aromatic hydroxyl groups is 1. The van der Waals surface area contributed by atoms with Crippen molar-refractivity contribution in [2.24, 2.45) is 0 Å². The number of para-hydroxylation sites is 1. The Morgan fingerprint density at radius 3 is 2.64 bits per heavy atom. The quantitative estimate of drug-likeness (QED) is 0.588. The molecule has 2 aromatic carbocycles. The standard InChI is InChI=1S/C22H22BrNO4/c1-14-21(28-19-8-4-3-7-17(19)23)20(26)15-9-10-18(25)16(22(15)27-14)13-24-11-5-2-6-12-24/h3-4,7-10,25H,2,5-6,11-13H2,1H3. The molecule has 0 amide bonds. The Morgan fingerprint density at radius 1 is 1.14 bits per heavy atom. The van der Waals surface area contributed by atoms with E-state index in [9.17, 15) is 9.90 Å². The number of benzene rings is 2. The van der Waals surface area contributed by atoms with E-state index < -0.39 is 0 Å². The molecule has 1 aliphatic heterocycles. The lowest BCUT2D eigenvalue weighted by molar-refractivity contribution is 0.218. The van der Waals surface area contributed by atoms with Crippen LogP contribution in [0.25, 0.3) is 11.0 Å². The average Bonchev–Trinajstić information content (AvgIpc) is 2.69. The van der Waals surface area contributed by atoms with Gasteiger partial charge in [-0.2, -0.15) is 0 Å². The SMILES string of the molecule is Cc1oc2c(CN3CCCCC3)c(O)ccc2c(=O)c1Oc1ccccc1Br. The number of ether oxygens (including phenoxy) is 1. The van der Waals surface area contributed by atoms with Gasteiger partial charge in [0, 0.05) is 6.54 Å². The maximum atomic E-state index is 13.1. The molecule has 0 radical (unpaired) electrons. The molecule has 0 bridgehead atoms. The summed E-state index contributed by atoms with van der Waals surface area (Å²) in [6, 6.07) is 10.5. The van der Waals surface area contributed by atoms with Crippen molar-refractivity contribution in [3.63, 3.8) is 0 Å². The fourth-order valence-corrected chi connectivity index (χ4v) is 4.01. The average molecular weight is 444 g/mol. The van der Waals surface area contributed by atoms with Crippen molar-refractivity contribution in [3.8, 4) is 17.2 Å². The zero-order chi connectivity index (χ0) is 19.7. The molecule has 2 heterocycles. The third kappa shape index (κ3) is 3.66. The Bertz CT molecular complexity index is 1070. The molecule has 0 aliphatic carbocycles. The molecule has 1 aromatic heterocycles. The van der Waals surface area contributed by atoms with Crippen LogP contribution in [0.5, 0.6) is 17.2 Å². The van der Waals surface area contributed by atoms with E-state index in [0.29, 0.717) is 34.6 Å². The normalized spacial score (nSPS) is 15.1. The van der Waals surface area contributed by atoms with Gasteiger partial charge in [0.1, 0.15) is 22.8 Å². The minimum Gasteiger partial charge on any atom is -0.507 e. The number of hydrogen-bond donors (Lipinski definition) is 1. The Kier molecular flexibility index (Phi) is 5.42. The Morgan fingerprint density at radius 2 is 1.89 bits per heavy atom. The molecular formula is C22H22BrNO4. The highest BCUT2D eigenvalue weighted by molar-refractivity contribution is 9.10. The number of phenols is 1. The van der Waals surface area contributed by atoms with Crippen molar-refractivity contribution >= 4 is 26.9 Å². The van der Waals surface area contributed by atoms with E-state index in [0.717, 1.165) is 30.4 Å². The first-order valence-electron chi connectivity index (χ1n) is 9.47. The van der Waals surface area contributed by atoms with E-state index in [2.05, 4.69) is 20.8 Å². The Hall–Kier alpha value is -2.31. The van der Waals surface area contributed by atoms with Crippen molar-refractivity contribution in [3.05, 3.63) is 62.4 Å². The van der Waals surface area contributed by atoms with Crippen LogP contribution in [-0.2, 0) is 6.54 Å². The molecular weight excluding hydrogens is 422 g/mol. The van der Waals surface area contributed by atoms with E-state index in [1.54, 1.807) is 25.1 Å². The molecule has 1 saturated heterocycles. The van der Waals surface area contributed by atoms with Gasteiger partial charge in [-0.1, -0.05) is 18.6 Å². The Balaban J connectivity index is 1.78. The first-order chi connectivity index (χ1) is 13.5. The van der Waals surface area contributed by atoms with Crippen LogP contribution in [-0.4, -0.2) is 23.1 Å². The van der Waals surface area contributed by atoms with E-state index in [1.807, 2.05) is 18.2 Å². The van der Waals surface area contributed by atoms with E-state index in [4.69, 9.17) is 9.15 Å².